The molecule has 3 atom stereocenters. The number of phenols is 1. The summed E-state index contributed by atoms with van der Waals surface area (Å²) >= 11 is 0. The van der Waals surface area contributed by atoms with Crippen LogP contribution in [-0.2, 0) is 16.6 Å². The number of anilines is 1. The van der Waals surface area contributed by atoms with Crippen molar-refractivity contribution in [1.82, 2.24) is 9.80 Å². The predicted molar refractivity (Wildman–Crippen MR) is 133 cm³/mol. The van der Waals surface area contributed by atoms with E-state index in [9.17, 15) is 14.7 Å². The van der Waals surface area contributed by atoms with E-state index in [4.69, 9.17) is 0 Å². The number of amides is 3. The highest BCUT2D eigenvalue weighted by Crippen LogP contribution is 2.57. The molecule has 6 heteroatoms. The van der Waals surface area contributed by atoms with Gasteiger partial charge in [0, 0.05) is 36.8 Å². The van der Waals surface area contributed by atoms with Crippen molar-refractivity contribution in [3.05, 3.63) is 59.7 Å². The minimum Gasteiger partial charge on any atom is -0.508 e. The number of carbonyl (C=O) groups excluding carboxylic acids is 2. The Bertz CT molecular complexity index is 1100. The quantitative estimate of drug-likeness (QED) is 0.676. The third kappa shape index (κ3) is 3.55. The van der Waals surface area contributed by atoms with Crippen LogP contribution < -0.4 is 5.32 Å². The Kier molecular flexibility index (Phi) is 5.58. The van der Waals surface area contributed by atoms with Crippen molar-refractivity contribution in [3.8, 4) is 5.75 Å². The molecular formula is C28H35N3O3. The van der Waals surface area contributed by atoms with Crippen LogP contribution in [0, 0.1) is 11.3 Å². The number of benzene rings is 2. The van der Waals surface area contributed by atoms with Gasteiger partial charge in [-0.2, -0.15) is 0 Å². The van der Waals surface area contributed by atoms with Gasteiger partial charge < -0.3 is 20.2 Å². The Morgan fingerprint density at radius 2 is 1.79 bits per heavy atom. The maximum atomic E-state index is 13.8. The molecule has 34 heavy (non-hydrogen) atoms. The molecule has 2 fully saturated rings. The first-order valence-corrected chi connectivity index (χ1v) is 12.4. The van der Waals surface area contributed by atoms with Gasteiger partial charge in [-0.25, -0.2) is 4.79 Å². The fraction of sp³-hybridized carbons (Fsp3) is 0.500. The van der Waals surface area contributed by atoms with E-state index in [-0.39, 0.29) is 34.7 Å². The molecule has 0 radical (unpaired) electrons. The van der Waals surface area contributed by atoms with E-state index < -0.39 is 0 Å². The fourth-order valence-electron chi connectivity index (χ4n) is 6.47. The molecule has 6 nitrogen and oxygen atoms in total. The van der Waals surface area contributed by atoms with Crippen LogP contribution in [0.3, 0.4) is 0 Å². The second-order valence-corrected chi connectivity index (χ2v) is 10.9. The average molecular weight is 462 g/mol. The van der Waals surface area contributed by atoms with Crippen LogP contribution in [-0.4, -0.2) is 52.5 Å². The lowest BCUT2D eigenvalue weighted by Gasteiger charge is -2.61. The number of carbonyl (C=O) groups is 2. The van der Waals surface area contributed by atoms with Crippen molar-refractivity contribution in [2.45, 2.75) is 57.9 Å². The van der Waals surface area contributed by atoms with Crippen molar-refractivity contribution in [2.75, 3.05) is 25.0 Å². The highest BCUT2D eigenvalue weighted by Gasteiger charge is 2.57. The average Bonchev–Trinajstić information content (AvgIpc) is 2.82. The number of fused-ring (bicyclic) bond motifs is 4. The molecule has 1 aliphatic carbocycles. The van der Waals surface area contributed by atoms with Crippen molar-refractivity contribution in [3.63, 3.8) is 0 Å². The Balaban J connectivity index is 1.35. The number of likely N-dealkylation sites (tertiary alicyclic amines) is 2. The van der Waals surface area contributed by atoms with Crippen LogP contribution >= 0.6 is 0 Å². The van der Waals surface area contributed by atoms with Gasteiger partial charge in [0.05, 0.1) is 5.92 Å². The highest BCUT2D eigenvalue weighted by molar-refractivity contribution is 5.93. The smallest absolute Gasteiger partial charge is 0.320 e. The number of rotatable bonds is 2. The summed E-state index contributed by atoms with van der Waals surface area (Å²) < 4.78 is 0. The van der Waals surface area contributed by atoms with Crippen LogP contribution in [0.5, 0.6) is 5.75 Å². The van der Waals surface area contributed by atoms with Crippen molar-refractivity contribution >= 4 is 17.6 Å². The highest BCUT2D eigenvalue weighted by atomic mass is 16.3. The number of para-hydroxylation sites is 1. The summed E-state index contributed by atoms with van der Waals surface area (Å²) in [6.07, 6.45) is 3.12. The molecule has 180 valence electrons. The summed E-state index contributed by atoms with van der Waals surface area (Å²) in [7, 11) is 0. The zero-order chi connectivity index (χ0) is 24.1. The van der Waals surface area contributed by atoms with Crippen LogP contribution in [0.15, 0.2) is 48.5 Å². The van der Waals surface area contributed by atoms with Gasteiger partial charge >= 0.3 is 6.03 Å². The predicted octanol–water partition coefficient (Wildman–Crippen LogP) is 4.78. The summed E-state index contributed by atoms with van der Waals surface area (Å²) in [4.78, 5) is 30.6. The van der Waals surface area contributed by atoms with Gasteiger partial charge in [-0.15, -0.1) is 0 Å². The SMILES string of the molecule is CC1(C)[C@@H]2Cc3c(O)cccc3[C@]1(C)CCN2C(=O)N1CCCC(C(=O)Nc2ccccc2)C1. The fourth-order valence-corrected chi connectivity index (χ4v) is 6.47. The van der Waals surface area contributed by atoms with Gasteiger partial charge in [0.15, 0.2) is 0 Å². The zero-order valence-electron chi connectivity index (χ0n) is 20.4. The molecule has 2 aliphatic heterocycles. The second kappa shape index (κ2) is 8.33. The van der Waals surface area contributed by atoms with Crippen LogP contribution in [0.25, 0.3) is 0 Å². The van der Waals surface area contributed by atoms with E-state index in [1.807, 2.05) is 46.2 Å². The molecule has 2 N–H and O–H groups in total. The standard InChI is InChI=1S/C28H35N3O3/c1-27(2)24-17-21-22(12-7-13-23(21)32)28(27,3)14-16-31(24)26(34)30-15-8-9-19(18-30)25(33)29-20-10-5-4-6-11-20/h4-7,10-13,19,24,32H,8-9,14-18H2,1-3H3,(H,29,33)/t19?,24-,28-/m0/s1. The molecule has 1 unspecified atom stereocenters. The molecule has 2 heterocycles. The molecule has 0 aromatic heterocycles. The van der Waals surface area contributed by atoms with Gasteiger partial charge in [-0.05, 0) is 60.4 Å². The first-order chi connectivity index (χ1) is 16.2. The van der Waals surface area contributed by atoms with Crippen LogP contribution in [0.2, 0.25) is 0 Å². The number of piperidine rings is 2. The Labute approximate surface area is 201 Å². The molecule has 3 aliphatic rings. The number of hydrogen-bond acceptors (Lipinski definition) is 3. The normalized spacial score (nSPS) is 27.6. The summed E-state index contributed by atoms with van der Waals surface area (Å²) in [6.45, 7) is 8.61. The lowest BCUT2D eigenvalue weighted by molar-refractivity contribution is -0.121. The maximum Gasteiger partial charge on any atom is 0.320 e. The summed E-state index contributed by atoms with van der Waals surface area (Å²) in [5, 5.41) is 13.6. The van der Waals surface area contributed by atoms with Gasteiger partial charge in [0.1, 0.15) is 5.75 Å². The van der Waals surface area contributed by atoms with E-state index in [0.717, 1.165) is 30.5 Å². The summed E-state index contributed by atoms with van der Waals surface area (Å²) in [5.74, 6) is 0.0954. The van der Waals surface area contributed by atoms with Gasteiger partial charge in [0.2, 0.25) is 5.91 Å². The number of hydrogen-bond donors (Lipinski definition) is 2. The van der Waals surface area contributed by atoms with Gasteiger partial charge in [-0.3, -0.25) is 4.79 Å². The van der Waals surface area contributed by atoms with Crippen LogP contribution in [0.1, 0.15) is 51.2 Å². The lowest BCUT2D eigenvalue weighted by atomic mass is 9.51. The molecule has 0 saturated carbocycles. The minimum absolute atomic E-state index is 0.00179. The number of nitrogens with one attached hydrogen (secondary N) is 1. The third-order valence-corrected chi connectivity index (χ3v) is 8.98. The molecule has 2 saturated heterocycles. The topological polar surface area (TPSA) is 72.9 Å². The zero-order valence-corrected chi connectivity index (χ0v) is 20.4. The number of nitrogens with zero attached hydrogens (tertiary/aromatic N) is 2. The van der Waals surface area contributed by atoms with E-state index in [1.165, 1.54) is 5.56 Å². The molecular weight excluding hydrogens is 426 g/mol. The maximum absolute atomic E-state index is 13.8. The van der Waals surface area contributed by atoms with Crippen molar-refractivity contribution in [1.29, 1.82) is 0 Å². The number of phenolic OH excluding ortho intramolecular Hbond substituents is 1. The minimum atomic E-state index is -0.211. The van der Waals surface area contributed by atoms with E-state index in [1.54, 1.807) is 6.07 Å². The molecule has 3 amide bonds. The second-order valence-electron chi connectivity index (χ2n) is 10.9. The Morgan fingerprint density at radius 1 is 1.03 bits per heavy atom. The summed E-state index contributed by atoms with van der Waals surface area (Å²) in [5.41, 5.74) is 2.73. The van der Waals surface area contributed by atoms with E-state index in [0.29, 0.717) is 31.8 Å². The first-order valence-electron chi connectivity index (χ1n) is 12.4. The Morgan fingerprint density at radius 3 is 2.56 bits per heavy atom. The molecule has 5 rings (SSSR count). The van der Waals surface area contributed by atoms with Gasteiger partial charge in [0.25, 0.3) is 0 Å². The van der Waals surface area contributed by atoms with Crippen molar-refractivity contribution in [2.24, 2.45) is 11.3 Å². The molecule has 2 aromatic rings. The monoisotopic (exact) mass is 461 g/mol. The lowest BCUT2D eigenvalue weighted by Crippen LogP contribution is -2.66. The largest absolute Gasteiger partial charge is 0.508 e. The van der Waals surface area contributed by atoms with Crippen molar-refractivity contribution < 1.29 is 14.7 Å². The van der Waals surface area contributed by atoms with Gasteiger partial charge in [-0.1, -0.05) is 51.1 Å². The van der Waals surface area contributed by atoms with E-state index in [2.05, 4.69) is 32.2 Å². The Hall–Kier alpha value is -3.02. The van der Waals surface area contributed by atoms with Crippen LogP contribution in [0.4, 0.5) is 10.5 Å². The molecule has 2 bridgehead atoms. The number of aromatic hydroxyl groups is 1. The first kappa shape index (κ1) is 22.8. The number of urea groups is 1. The van der Waals surface area contributed by atoms with E-state index >= 15 is 0 Å². The third-order valence-electron chi connectivity index (χ3n) is 8.98. The molecule has 2 aromatic carbocycles. The molecule has 0 spiro atoms. The summed E-state index contributed by atoms with van der Waals surface area (Å²) in [6, 6.07) is 15.3.